The number of hydrogen-bond donors (Lipinski definition) is 2. The molecule has 0 saturated carbocycles. The lowest BCUT2D eigenvalue weighted by atomic mass is 10.0. The highest BCUT2D eigenvalue weighted by Gasteiger charge is 2.24. The Bertz CT molecular complexity index is 919. The zero-order chi connectivity index (χ0) is 22.4. The van der Waals surface area contributed by atoms with Gasteiger partial charge in [0.05, 0.1) is 26.2 Å². The van der Waals surface area contributed by atoms with Crippen LogP contribution in [0.15, 0.2) is 48.5 Å². The number of anilines is 1. The average molecular weight is 421 g/mol. The van der Waals surface area contributed by atoms with Crippen LogP contribution in [0, 0.1) is 13.8 Å². The molecule has 2 amide bonds. The lowest BCUT2D eigenvalue weighted by molar-refractivity contribution is -0.895. The van der Waals surface area contributed by atoms with E-state index in [9.17, 15) is 9.59 Å². The molecule has 3 rings (SSSR count). The number of nitrogens with zero attached hydrogens (tertiary/aromatic N) is 1. The summed E-state index contributed by atoms with van der Waals surface area (Å²) in [6, 6.07) is 14.3. The van der Waals surface area contributed by atoms with E-state index in [-0.39, 0.29) is 11.8 Å². The van der Waals surface area contributed by atoms with Gasteiger partial charge in [0, 0.05) is 11.8 Å². The number of nitrogens with one attached hydrogen (secondary N) is 2. The van der Waals surface area contributed by atoms with Gasteiger partial charge in [0.25, 0.3) is 5.91 Å². The van der Waals surface area contributed by atoms with Crippen LogP contribution in [-0.4, -0.2) is 49.4 Å². The van der Waals surface area contributed by atoms with E-state index in [1.807, 2.05) is 43.0 Å². The van der Waals surface area contributed by atoms with Crippen molar-refractivity contribution in [1.29, 1.82) is 0 Å². The summed E-state index contributed by atoms with van der Waals surface area (Å²) >= 11 is 0. The third kappa shape index (κ3) is 6.28. The number of carbonyl (C=O) groups is 2. The van der Waals surface area contributed by atoms with E-state index in [2.05, 4.69) is 43.4 Å². The van der Waals surface area contributed by atoms with Gasteiger partial charge in [0.1, 0.15) is 0 Å². The van der Waals surface area contributed by atoms with Gasteiger partial charge in [-0.15, -0.1) is 0 Å². The van der Waals surface area contributed by atoms with Crippen LogP contribution in [0.25, 0.3) is 6.08 Å². The molecule has 164 valence electrons. The van der Waals surface area contributed by atoms with Crippen molar-refractivity contribution >= 4 is 23.6 Å². The zero-order valence-corrected chi connectivity index (χ0v) is 19.1. The predicted octanol–water partition coefficient (Wildman–Crippen LogP) is 2.81. The van der Waals surface area contributed by atoms with Crippen molar-refractivity contribution in [2.45, 2.75) is 33.6 Å². The van der Waals surface area contributed by atoms with Crippen molar-refractivity contribution in [3.63, 3.8) is 0 Å². The third-order valence-corrected chi connectivity index (χ3v) is 5.96. The van der Waals surface area contributed by atoms with E-state index in [0.29, 0.717) is 25.6 Å². The zero-order valence-electron chi connectivity index (χ0n) is 19.1. The summed E-state index contributed by atoms with van der Waals surface area (Å²) in [7, 11) is 0. The lowest BCUT2D eigenvalue weighted by Crippen LogP contribution is -3.15. The fourth-order valence-electron chi connectivity index (χ4n) is 3.91. The molecule has 1 saturated heterocycles. The fraction of sp³-hybridized carbons (Fsp3) is 0.385. The molecular weight excluding hydrogens is 386 g/mol. The molecule has 1 heterocycles. The standard InChI is InChI=1S/C26H33N3O2/c1-19(2)23-11-8-22(9-12-23)10-13-25(31)29-16-14-28(15-17-29)18-24(30)27-26-20(3)6-5-7-21(26)4/h5-13,19H,14-18H2,1-4H3,(H,27,30)/p+1/b13-10+. The van der Waals surface area contributed by atoms with Crippen molar-refractivity contribution in [3.05, 3.63) is 70.8 Å². The van der Waals surface area contributed by atoms with Crippen LogP contribution in [0.3, 0.4) is 0 Å². The minimum atomic E-state index is 0.0249. The van der Waals surface area contributed by atoms with E-state index in [4.69, 9.17) is 0 Å². The van der Waals surface area contributed by atoms with Gasteiger partial charge in [-0.1, -0.05) is 56.3 Å². The summed E-state index contributed by atoms with van der Waals surface area (Å²) in [5, 5.41) is 3.06. The van der Waals surface area contributed by atoms with E-state index < -0.39 is 0 Å². The Kier molecular flexibility index (Phi) is 7.64. The van der Waals surface area contributed by atoms with Crippen LogP contribution in [0.4, 0.5) is 5.69 Å². The summed E-state index contributed by atoms with van der Waals surface area (Å²) in [6.07, 6.45) is 3.53. The van der Waals surface area contributed by atoms with Crippen molar-refractivity contribution in [3.8, 4) is 0 Å². The second-order valence-corrected chi connectivity index (χ2v) is 8.72. The topological polar surface area (TPSA) is 53.9 Å². The molecule has 0 aromatic heterocycles. The predicted molar refractivity (Wildman–Crippen MR) is 126 cm³/mol. The Morgan fingerprint density at radius 1 is 1.03 bits per heavy atom. The second kappa shape index (κ2) is 10.4. The highest BCUT2D eigenvalue weighted by Crippen LogP contribution is 2.19. The molecule has 31 heavy (non-hydrogen) atoms. The number of carbonyl (C=O) groups excluding carboxylic acids is 2. The SMILES string of the molecule is Cc1cccc(C)c1NC(=O)C[NH+]1CCN(C(=O)/C=C/c2ccc(C(C)C)cc2)CC1. The highest BCUT2D eigenvalue weighted by molar-refractivity contribution is 5.93. The molecular formula is C26H34N3O2+. The normalized spacial score (nSPS) is 14.9. The van der Waals surface area contributed by atoms with Gasteiger partial charge in [-0.2, -0.15) is 0 Å². The first-order chi connectivity index (χ1) is 14.8. The lowest BCUT2D eigenvalue weighted by Gasteiger charge is -2.31. The average Bonchev–Trinajstić information content (AvgIpc) is 2.75. The van der Waals surface area contributed by atoms with Gasteiger partial charge in [-0.3, -0.25) is 9.59 Å². The number of amides is 2. The minimum absolute atomic E-state index is 0.0249. The number of piperazine rings is 1. The molecule has 5 heteroatoms. The van der Waals surface area contributed by atoms with Crippen molar-refractivity contribution in [2.75, 3.05) is 38.0 Å². The molecule has 0 radical (unpaired) electrons. The molecule has 2 aromatic rings. The summed E-state index contributed by atoms with van der Waals surface area (Å²) < 4.78 is 0. The van der Waals surface area contributed by atoms with Crippen LogP contribution < -0.4 is 10.2 Å². The van der Waals surface area contributed by atoms with E-state index in [0.717, 1.165) is 35.5 Å². The number of hydrogen-bond acceptors (Lipinski definition) is 2. The van der Waals surface area contributed by atoms with Gasteiger partial charge in [-0.05, 0) is 48.1 Å². The number of benzene rings is 2. The first-order valence-corrected chi connectivity index (χ1v) is 11.1. The molecule has 1 fully saturated rings. The summed E-state index contributed by atoms with van der Waals surface area (Å²) in [4.78, 5) is 28.1. The molecule has 1 aliphatic rings. The van der Waals surface area contributed by atoms with E-state index >= 15 is 0 Å². The van der Waals surface area contributed by atoms with Crippen LogP contribution in [0.1, 0.15) is 42.0 Å². The number of quaternary nitrogens is 1. The number of rotatable bonds is 6. The van der Waals surface area contributed by atoms with Crippen LogP contribution >= 0.6 is 0 Å². The maximum Gasteiger partial charge on any atom is 0.279 e. The molecule has 0 aliphatic carbocycles. The Morgan fingerprint density at radius 2 is 1.65 bits per heavy atom. The Hall–Kier alpha value is -2.92. The summed E-state index contributed by atoms with van der Waals surface area (Å²) in [6.45, 7) is 11.7. The van der Waals surface area contributed by atoms with Crippen molar-refractivity contribution in [1.82, 2.24) is 4.90 Å². The Labute approximate surface area is 185 Å². The van der Waals surface area contributed by atoms with E-state index in [1.165, 1.54) is 10.5 Å². The fourth-order valence-corrected chi connectivity index (χ4v) is 3.91. The van der Waals surface area contributed by atoms with Crippen LogP contribution in [0.2, 0.25) is 0 Å². The van der Waals surface area contributed by atoms with Gasteiger partial charge in [-0.25, -0.2) is 0 Å². The molecule has 2 N–H and O–H groups in total. The first kappa shape index (κ1) is 22.8. The molecule has 0 spiro atoms. The molecule has 0 unspecified atom stereocenters. The Balaban J connectivity index is 1.46. The van der Waals surface area contributed by atoms with Crippen molar-refractivity contribution in [2.24, 2.45) is 0 Å². The highest BCUT2D eigenvalue weighted by atomic mass is 16.2. The number of aryl methyl sites for hydroxylation is 2. The monoisotopic (exact) mass is 420 g/mol. The molecule has 5 nitrogen and oxygen atoms in total. The van der Waals surface area contributed by atoms with Gasteiger partial charge >= 0.3 is 0 Å². The molecule has 0 bridgehead atoms. The van der Waals surface area contributed by atoms with E-state index in [1.54, 1.807) is 6.08 Å². The summed E-state index contributed by atoms with van der Waals surface area (Å²) in [5.74, 6) is 0.560. The second-order valence-electron chi connectivity index (χ2n) is 8.72. The van der Waals surface area contributed by atoms with Crippen LogP contribution in [0.5, 0.6) is 0 Å². The smallest absolute Gasteiger partial charge is 0.279 e. The maximum atomic E-state index is 12.5. The van der Waals surface area contributed by atoms with Crippen molar-refractivity contribution < 1.29 is 14.5 Å². The van der Waals surface area contributed by atoms with Gasteiger partial charge < -0.3 is 15.1 Å². The maximum absolute atomic E-state index is 12.5. The third-order valence-electron chi connectivity index (χ3n) is 5.96. The molecule has 0 atom stereocenters. The summed E-state index contributed by atoms with van der Waals surface area (Å²) in [5.41, 5.74) is 5.38. The first-order valence-electron chi connectivity index (χ1n) is 11.1. The molecule has 1 aliphatic heterocycles. The van der Waals surface area contributed by atoms with Gasteiger partial charge in [0.2, 0.25) is 5.91 Å². The van der Waals surface area contributed by atoms with Crippen LogP contribution in [-0.2, 0) is 9.59 Å². The number of para-hydroxylation sites is 1. The quantitative estimate of drug-likeness (QED) is 0.706. The Morgan fingerprint density at radius 3 is 2.23 bits per heavy atom. The largest absolute Gasteiger partial charge is 0.328 e. The molecule has 2 aromatic carbocycles. The van der Waals surface area contributed by atoms with Gasteiger partial charge in [0.15, 0.2) is 6.54 Å². The minimum Gasteiger partial charge on any atom is -0.328 e.